The second-order valence-corrected chi connectivity index (χ2v) is 9.41. The summed E-state index contributed by atoms with van der Waals surface area (Å²) in [6, 6.07) is 20.2. The van der Waals surface area contributed by atoms with E-state index in [1.54, 1.807) is 30.3 Å². The van der Waals surface area contributed by atoms with E-state index in [0.29, 0.717) is 11.3 Å². The van der Waals surface area contributed by atoms with Gasteiger partial charge in [0, 0.05) is 11.3 Å². The van der Waals surface area contributed by atoms with E-state index in [9.17, 15) is 13.2 Å². The van der Waals surface area contributed by atoms with Crippen LogP contribution in [0.3, 0.4) is 0 Å². The van der Waals surface area contributed by atoms with Crippen LogP contribution in [0.5, 0.6) is 0 Å². The van der Waals surface area contributed by atoms with Gasteiger partial charge in [0.1, 0.15) is 0 Å². The van der Waals surface area contributed by atoms with E-state index in [0.717, 1.165) is 27.9 Å². The van der Waals surface area contributed by atoms with Crippen LogP contribution in [0.4, 0.5) is 11.4 Å². The number of benzene rings is 3. The maximum absolute atomic E-state index is 12.6. The molecule has 0 spiro atoms. The molecule has 156 valence electrons. The highest BCUT2D eigenvalue weighted by molar-refractivity contribution is 7.92. The molecule has 5 nitrogen and oxygen atoms in total. The SMILES string of the molecule is Cc1cccc(N(Cc2ccc(C(=O)Nc3cccc(C)c3C)cc2)S(C)(=O)=O)c1. The van der Waals surface area contributed by atoms with Gasteiger partial charge in [-0.15, -0.1) is 0 Å². The topological polar surface area (TPSA) is 66.5 Å². The van der Waals surface area contributed by atoms with Crippen LogP contribution in [0.1, 0.15) is 32.6 Å². The van der Waals surface area contributed by atoms with E-state index in [1.807, 2.05) is 57.2 Å². The lowest BCUT2D eigenvalue weighted by Crippen LogP contribution is -2.29. The van der Waals surface area contributed by atoms with Crippen molar-refractivity contribution in [3.05, 3.63) is 94.5 Å². The molecule has 3 aromatic carbocycles. The van der Waals surface area contributed by atoms with Crippen LogP contribution in [-0.4, -0.2) is 20.6 Å². The molecule has 0 atom stereocenters. The Morgan fingerprint density at radius 2 is 1.60 bits per heavy atom. The Bertz CT molecular complexity index is 1170. The zero-order valence-electron chi connectivity index (χ0n) is 17.6. The van der Waals surface area contributed by atoms with Gasteiger partial charge in [0.15, 0.2) is 0 Å². The number of anilines is 2. The summed E-state index contributed by atoms with van der Waals surface area (Å²) in [5.74, 6) is -0.200. The van der Waals surface area contributed by atoms with Crippen LogP contribution in [0, 0.1) is 20.8 Å². The Morgan fingerprint density at radius 3 is 2.23 bits per heavy atom. The molecule has 0 bridgehead atoms. The van der Waals surface area contributed by atoms with Gasteiger partial charge in [0.2, 0.25) is 10.0 Å². The van der Waals surface area contributed by atoms with E-state index in [1.165, 1.54) is 10.6 Å². The highest BCUT2D eigenvalue weighted by Crippen LogP contribution is 2.22. The Hall–Kier alpha value is -3.12. The highest BCUT2D eigenvalue weighted by atomic mass is 32.2. The molecule has 6 heteroatoms. The average molecular weight is 423 g/mol. The molecule has 0 aliphatic heterocycles. The molecule has 0 fully saturated rings. The van der Waals surface area contributed by atoms with Crippen molar-refractivity contribution >= 4 is 27.3 Å². The summed E-state index contributed by atoms with van der Waals surface area (Å²) < 4.78 is 26.1. The Labute approximate surface area is 178 Å². The molecule has 30 heavy (non-hydrogen) atoms. The van der Waals surface area contributed by atoms with Crippen molar-refractivity contribution in [3.63, 3.8) is 0 Å². The normalized spacial score (nSPS) is 11.2. The van der Waals surface area contributed by atoms with Crippen LogP contribution < -0.4 is 9.62 Å². The van der Waals surface area contributed by atoms with Gasteiger partial charge in [0.25, 0.3) is 5.91 Å². The zero-order chi connectivity index (χ0) is 21.9. The van der Waals surface area contributed by atoms with Crippen molar-refractivity contribution < 1.29 is 13.2 Å². The monoisotopic (exact) mass is 422 g/mol. The number of hydrogen-bond acceptors (Lipinski definition) is 3. The van der Waals surface area contributed by atoms with E-state index in [2.05, 4.69) is 5.32 Å². The van der Waals surface area contributed by atoms with Gasteiger partial charge in [-0.3, -0.25) is 9.10 Å². The lowest BCUT2D eigenvalue weighted by Gasteiger charge is -2.23. The number of rotatable bonds is 6. The summed E-state index contributed by atoms with van der Waals surface area (Å²) in [7, 11) is -3.45. The van der Waals surface area contributed by atoms with Crippen molar-refractivity contribution in [2.75, 3.05) is 15.9 Å². The second kappa shape index (κ2) is 8.71. The van der Waals surface area contributed by atoms with Gasteiger partial charge in [0.05, 0.1) is 18.5 Å². The number of carbonyl (C=O) groups excluding carboxylic acids is 1. The van der Waals surface area contributed by atoms with Crippen LogP contribution in [0.2, 0.25) is 0 Å². The summed E-state index contributed by atoms with van der Waals surface area (Å²) in [5, 5.41) is 2.94. The molecule has 0 aliphatic carbocycles. The third-order valence-electron chi connectivity index (χ3n) is 5.09. The van der Waals surface area contributed by atoms with E-state index < -0.39 is 10.0 Å². The minimum atomic E-state index is -3.45. The first kappa shape index (κ1) is 21.6. The summed E-state index contributed by atoms with van der Waals surface area (Å²) in [6.07, 6.45) is 1.20. The molecule has 0 saturated carbocycles. The van der Waals surface area contributed by atoms with Crippen LogP contribution in [0.15, 0.2) is 66.7 Å². The minimum absolute atomic E-state index is 0.196. The fourth-order valence-corrected chi connectivity index (χ4v) is 4.07. The van der Waals surface area contributed by atoms with Crippen molar-refractivity contribution in [3.8, 4) is 0 Å². The Balaban J connectivity index is 1.78. The standard InChI is InChI=1S/C24H26N2O3S/c1-17-7-5-9-22(15-17)26(30(4,28)29)16-20-11-13-21(14-12-20)24(27)25-23-10-6-8-18(2)19(23)3/h5-15H,16H2,1-4H3,(H,25,27). The van der Waals surface area contributed by atoms with Gasteiger partial charge in [-0.25, -0.2) is 8.42 Å². The predicted octanol–water partition coefficient (Wildman–Crippen LogP) is 4.83. The number of amides is 1. The van der Waals surface area contributed by atoms with Crippen LogP contribution in [0.25, 0.3) is 0 Å². The zero-order valence-corrected chi connectivity index (χ0v) is 18.5. The summed E-state index contributed by atoms with van der Waals surface area (Å²) in [5.41, 5.74) is 5.84. The molecule has 1 N–H and O–H groups in total. The van der Waals surface area contributed by atoms with Gasteiger partial charge in [-0.2, -0.15) is 0 Å². The maximum Gasteiger partial charge on any atom is 0.255 e. The van der Waals surface area contributed by atoms with Crippen LogP contribution in [-0.2, 0) is 16.6 Å². The largest absolute Gasteiger partial charge is 0.322 e. The molecular weight excluding hydrogens is 396 g/mol. The van der Waals surface area contributed by atoms with Crippen molar-refractivity contribution in [2.45, 2.75) is 27.3 Å². The second-order valence-electron chi connectivity index (χ2n) is 7.51. The molecule has 0 saturated heterocycles. The first-order valence-electron chi connectivity index (χ1n) is 9.66. The summed E-state index contributed by atoms with van der Waals surface area (Å²) >= 11 is 0. The number of aryl methyl sites for hydroxylation is 2. The Morgan fingerprint density at radius 1 is 0.933 bits per heavy atom. The number of nitrogens with zero attached hydrogens (tertiary/aromatic N) is 1. The smallest absolute Gasteiger partial charge is 0.255 e. The molecule has 0 aromatic heterocycles. The third kappa shape index (κ3) is 5.07. The maximum atomic E-state index is 12.6. The summed E-state index contributed by atoms with van der Waals surface area (Å²) in [4.78, 5) is 12.6. The number of nitrogens with one attached hydrogen (secondary N) is 1. The van der Waals surface area contributed by atoms with Gasteiger partial charge in [-0.05, 0) is 73.4 Å². The molecule has 0 heterocycles. The first-order chi connectivity index (χ1) is 14.1. The minimum Gasteiger partial charge on any atom is -0.322 e. The molecule has 3 rings (SSSR count). The third-order valence-corrected chi connectivity index (χ3v) is 6.23. The number of sulfonamides is 1. The fourth-order valence-electron chi connectivity index (χ4n) is 3.19. The first-order valence-corrected chi connectivity index (χ1v) is 11.5. The molecule has 3 aromatic rings. The molecule has 0 aliphatic rings. The van der Waals surface area contributed by atoms with Crippen LogP contribution >= 0.6 is 0 Å². The van der Waals surface area contributed by atoms with E-state index >= 15 is 0 Å². The molecule has 0 unspecified atom stereocenters. The van der Waals surface area contributed by atoms with Crippen molar-refractivity contribution in [2.24, 2.45) is 0 Å². The fraction of sp³-hybridized carbons (Fsp3) is 0.208. The van der Waals surface area contributed by atoms with Crippen molar-refractivity contribution in [1.82, 2.24) is 0 Å². The van der Waals surface area contributed by atoms with Gasteiger partial charge in [-0.1, -0.05) is 36.4 Å². The molecule has 0 radical (unpaired) electrons. The molecular formula is C24H26N2O3S. The lowest BCUT2D eigenvalue weighted by molar-refractivity contribution is 0.102. The number of hydrogen-bond donors (Lipinski definition) is 1. The van der Waals surface area contributed by atoms with Gasteiger partial charge >= 0.3 is 0 Å². The Kier molecular flexibility index (Phi) is 6.27. The average Bonchev–Trinajstić information content (AvgIpc) is 2.69. The highest BCUT2D eigenvalue weighted by Gasteiger charge is 2.18. The van der Waals surface area contributed by atoms with E-state index in [4.69, 9.17) is 0 Å². The van der Waals surface area contributed by atoms with E-state index in [-0.39, 0.29) is 12.5 Å². The lowest BCUT2D eigenvalue weighted by atomic mass is 10.1. The van der Waals surface area contributed by atoms with Crippen molar-refractivity contribution in [1.29, 1.82) is 0 Å². The van der Waals surface area contributed by atoms with Gasteiger partial charge < -0.3 is 5.32 Å². The predicted molar refractivity (Wildman–Crippen MR) is 123 cm³/mol. The molecule has 1 amide bonds. The summed E-state index contributed by atoms with van der Waals surface area (Å²) in [6.45, 7) is 6.09. The quantitative estimate of drug-likeness (QED) is 0.619. The number of carbonyl (C=O) groups is 1.